The minimum absolute atomic E-state index is 0.166. The quantitative estimate of drug-likeness (QED) is 0.428. The molecule has 0 radical (unpaired) electrons. The van der Waals surface area contributed by atoms with E-state index in [9.17, 15) is 4.79 Å². The standard InChI is InChI=1S/C32H49NO/c1-29(2)23(22-9-7-21(20-34)8-10-22)15-17-31(4)25-11-12-26-27-6-5-16-32(27,33)19-18-30(26,3)24(25)13-14-28(29)31/h9,15,20-21,24-28H,5-8,10-14,16-19,33H2,1-4H3/t21?,24?,25?,26?,27?,28?,30-,31?,32?/m0/s1. The van der Waals surface area contributed by atoms with Crippen LogP contribution in [-0.4, -0.2) is 11.8 Å². The molecule has 6 aliphatic carbocycles. The molecule has 0 bridgehead atoms. The Morgan fingerprint density at radius 3 is 2.24 bits per heavy atom. The van der Waals surface area contributed by atoms with Crippen molar-refractivity contribution in [2.45, 2.75) is 117 Å². The molecule has 0 saturated heterocycles. The maximum atomic E-state index is 11.3. The summed E-state index contributed by atoms with van der Waals surface area (Å²) in [7, 11) is 0. The zero-order valence-corrected chi connectivity index (χ0v) is 22.4. The lowest BCUT2D eigenvalue weighted by molar-refractivity contribution is -0.164. The molecular formula is C32H49NO. The summed E-state index contributed by atoms with van der Waals surface area (Å²) in [5.74, 6) is 4.45. The molecule has 0 spiro atoms. The maximum Gasteiger partial charge on any atom is 0.123 e. The molecular weight excluding hydrogens is 414 g/mol. The van der Waals surface area contributed by atoms with E-state index in [0.29, 0.717) is 10.8 Å². The van der Waals surface area contributed by atoms with E-state index in [1.807, 2.05) is 0 Å². The zero-order chi connectivity index (χ0) is 23.9. The summed E-state index contributed by atoms with van der Waals surface area (Å²) in [6, 6.07) is 0. The van der Waals surface area contributed by atoms with Crippen molar-refractivity contribution in [3.63, 3.8) is 0 Å². The molecule has 0 aromatic heterocycles. The van der Waals surface area contributed by atoms with Crippen LogP contribution in [0.5, 0.6) is 0 Å². The highest BCUT2D eigenvalue weighted by atomic mass is 16.1. The number of hydrogen-bond acceptors (Lipinski definition) is 2. The monoisotopic (exact) mass is 463 g/mol. The second kappa shape index (κ2) is 7.80. The third kappa shape index (κ3) is 3.12. The molecule has 4 saturated carbocycles. The van der Waals surface area contributed by atoms with Crippen LogP contribution in [0, 0.1) is 51.8 Å². The number of allylic oxidation sites excluding steroid dienone is 4. The summed E-state index contributed by atoms with van der Waals surface area (Å²) in [5.41, 5.74) is 11.6. The maximum absolute atomic E-state index is 11.3. The van der Waals surface area contributed by atoms with E-state index in [2.05, 4.69) is 39.8 Å². The van der Waals surface area contributed by atoms with Crippen molar-refractivity contribution in [1.82, 2.24) is 0 Å². The summed E-state index contributed by atoms with van der Waals surface area (Å²) < 4.78 is 0. The molecule has 2 heteroatoms. The van der Waals surface area contributed by atoms with Crippen molar-refractivity contribution in [2.24, 2.45) is 57.5 Å². The van der Waals surface area contributed by atoms with Crippen molar-refractivity contribution >= 4 is 6.29 Å². The van der Waals surface area contributed by atoms with Crippen LogP contribution < -0.4 is 5.73 Å². The second-order valence-electron chi connectivity index (χ2n) is 14.7. The van der Waals surface area contributed by atoms with Crippen LogP contribution in [-0.2, 0) is 4.79 Å². The lowest BCUT2D eigenvalue weighted by Gasteiger charge is -2.67. The topological polar surface area (TPSA) is 43.1 Å². The average Bonchev–Trinajstić information content (AvgIpc) is 3.21. The zero-order valence-electron chi connectivity index (χ0n) is 22.4. The van der Waals surface area contributed by atoms with Crippen molar-refractivity contribution in [3.05, 3.63) is 23.3 Å². The number of carbonyl (C=O) groups is 1. The van der Waals surface area contributed by atoms with Crippen LogP contribution in [0.15, 0.2) is 23.3 Å². The Kier molecular flexibility index (Phi) is 5.39. The number of nitrogens with two attached hydrogens (primary N) is 1. The van der Waals surface area contributed by atoms with E-state index < -0.39 is 0 Å². The minimum atomic E-state index is 0.166. The Hall–Kier alpha value is -0.890. The van der Waals surface area contributed by atoms with Crippen LogP contribution in [0.2, 0.25) is 0 Å². The van der Waals surface area contributed by atoms with E-state index in [4.69, 9.17) is 5.73 Å². The number of hydrogen-bond donors (Lipinski definition) is 1. The Balaban J connectivity index is 1.30. The van der Waals surface area contributed by atoms with Crippen LogP contribution >= 0.6 is 0 Å². The van der Waals surface area contributed by atoms with Gasteiger partial charge in [-0.1, -0.05) is 46.3 Å². The van der Waals surface area contributed by atoms with Crippen LogP contribution in [0.3, 0.4) is 0 Å². The largest absolute Gasteiger partial charge is 0.325 e. The molecule has 6 aliphatic rings. The lowest BCUT2D eigenvalue weighted by Crippen LogP contribution is -2.62. The molecule has 0 heterocycles. The molecule has 0 aromatic rings. The summed E-state index contributed by atoms with van der Waals surface area (Å²) >= 11 is 0. The summed E-state index contributed by atoms with van der Waals surface area (Å²) in [6.07, 6.45) is 23.0. The summed E-state index contributed by atoms with van der Waals surface area (Å²) in [6.45, 7) is 10.5. The Bertz CT molecular complexity index is 914. The van der Waals surface area contributed by atoms with Crippen LogP contribution in [0.4, 0.5) is 0 Å². The van der Waals surface area contributed by atoms with E-state index in [0.717, 1.165) is 48.9 Å². The normalized spacial score (nSPS) is 51.8. The minimum Gasteiger partial charge on any atom is -0.325 e. The van der Waals surface area contributed by atoms with E-state index in [1.54, 1.807) is 11.1 Å². The smallest absolute Gasteiger partial charge is 0.123 e. The van der Waals surface area contributed by atoms with E-state index >= 15 is 0 Å². The molecule has 34 heavy (non-hydrogen) atoms. The van der Waals surface area contributed by atoms with Gasteiger partial charge in [0, 0.05) is 11.5 Å². The molecule has 8 unspecified atom stereocenters. The Morgan fingerprint density at radius 2 is 1.53 bits per heavy atom. The highest BCUT2D eigenvalue weighted by Crippen LogP contribution is 2.71. The van der Waals surface area contributed by atoms with Gasteiger partial charge in [-0.05, 0) is 134 Å². The third-order valence-corrected chi connectivity index (χ3v) is 13.2. The van der Waals surface area contributed by atoms with Gasteiger partial charge < -0.3 is 10.5 Å². The fourth-order valence-corrected chi connectivity index (χ4v) is 11.5. The molecule has 0 amide bonds. The molecule has 188 valence electrons. The molecule has 4 fully saturated rings. The second-order valence-corrected chi connectivity index (χ2v) is 14.7. The molecule has 6 rings (SSSR count). The molecule has 2 nitrogen and oxygen atoms in total. The summed E-state index contributed by atoms with van der Waals surface area (Å²) in [5, 5.41) is 0. The lowest BCUT2D eigenvalue weighted by atomic mass is 9.38. The van der Waals surface area contributed by atoms with Crippen LogP contribution in [0.1, 0.15) is 111 Å². The highest BCUT2D eigenvalue weighted by Gasteiger charge is 2.64. The fourth-order valence-electron chi connectivity index (χ4n) is 11.5. The molecule has 0 aromatic carbocycles. The van der Waals surface area contributed by atoms with Crippen molar-refractivity contribution in [2.75, 3.05) is 0 Å². The van der Waals surface area contributed by atoms with Gasteiger partial charge >= 0.3 is 0 Å². The number of carbonyl (C=O) groups excluding carboxylic acids is 1. The molecule has 9 atom stereocenters. The van der Waals surface area contributed by atoms with Gasteiger partial charge in [-0.2, -0.15) is 0 Å². The van der Waals surface area contributed by atoms with Gasteiger partial charge in [-0.15, -0.1) is 0 Å². The van der Waals surface area contributed by atoms with E-state index in [1.165, 1.54) is 70.5 Å². The first kappa shape index (κ1) is 23.5. The van der Waals surface area contributed by atoms with Gasteiger partial charge in [-0.3, -0.25) is 0 Å². The first-order chi connectivity index (χ1) is 16.1. The van der Waals surface area contributed by atoms with Gasteiger partial charge in [0.25, 0.3) is 0 Å². The average molecular weight is 464 g/mol. The highest BCUT2D eigenvalue weighted by molar-refractivity contribution is 5.55. The number of aldehydes is 1. The number of fused-ring (bicyclic) bond motifs is 7. The Labute approximate surface area is 208 Å². The SMILES string of the molecule is CC1(C)C(C2=CCC(C=O)CC2)=CCC2(C)C3CCC4C5CCCC5(N)CC[C@@]4(C)C3CCC12. The van der Waals surface area contributed by atoms with Gasteiger partial charge in [0.15, 0.2) is 0 Å². The Morgan fingerprint density at radius 1 is 0.824 bits per heavy atom. The van der Waals surface area contributed by atoms with Gasteiger partial charge in [0.1, 0.15) is 6.29 Å². The predicted molar refractivity (Wildman–Crippen MR) is 140 cm³/mol. The van der Waals surface area contributed by atoms with Crippen LogP contribution in [0.25, 0.3) is 0 Å². The van der Waals surface area contributed by atoms with Gasteiger partial charge in [0.2, 0.25) is 0 Å². The third-order valence-electron chi connectivity index (χ3n) is 13.2. The predicted octanol–water partition coefficient (Wildman–Crippen LogP) is 7.62. The molecule has 0 aliphatic heterocycles. The van der Waals surface area contributed by atoms with Gasteiger partial charge in [-0.25, -0.2) is 0 Å². The molecule has 2 N–H and O–H groups in total. The van der Waals surface area contributed by atoms with Crippen molar-refractivity contribution in [3.8, 4) is 0 Å². The fraction of sp³-hybridized carbons (Fsp3) is 0.844. The first-order valence-corrected chi connectivity index (χ1v) is 14.8. The summed E-state index contributed by atoms with van der Waals surface area (Å²) in [4.78, 5) is 11.3. The van der Waals surface area contributed by atoms with Crippen molar-refractivity contribution in [1.29, 1.82) is 0 Å². The van der Waals surface area contributed by atoms with Gasteiger partial charge in [0.05, 0.1) is 0 Å². The number of rotatable bonds is 2. The first-order valence-electron chi connectivity index (χ1n) is 14.8. The van der Waals surface area contributed by atoms with E-state index in [-0.39, 0.29) is 16.9 Å². The van der Waals surface area contributed by atoms with Crippen molar-refractivity contribution < 1.29 is 4.79 Å².